The molecule has 2 aromatic heterocycles. The van der Waals surface area contributed by atoms with Gasteiger partial charge in [-0.3, -0.25) is 4.79 Å². The first-order valence-electron chi connectivity index (χ1n) is 7.61. The number of furan rings is 1. The molecule has 1 atom stereocenters. The number of rotatable bonds is 2. The molecule has 0 fully saturated rings. The molecular formula is C17H16FN3O2. The van der Waals surface area contributed by atoms with Crippen LogP contribution in [0, 0.1) is 12.7 Å². The second-order valence-corrected chi connectivity index (χ2v) is 5.90. The zero-order chi connectivity index (χ0) is 16.0. The van der Waals surface area contributed by atoms with Crippen molar-refractivity contribution in [3.8, 4) is 0 Å². The summed E-state index contributed by atoms with van der Waals surface area (Å²) in [7, 11) is 0. The van der Waals surface area contributed by atoms with Crippen LogP contribution >= 0.6 is 0 Å². The minimum Gasteiger partial charge on any atom is -0.451 e. The summed E-state index contributed by atoms with van der Waals surface area (Å²) < 4.78 is 21.0. The van der Waals surface area contributed by atoms with Gasteiger partial charge in [-0.1, -0.05) is 0 Å². The minimum atomic E-state index is -0.340. The Hall–Kier alpha value is -2.63. The van der Waals surface area contributed by atoms with Gasteiger partial charge in [0.05, 0.1) is 0 Å². The summed E-state index contributed by atoms with van der Waals surface area (Å²) in [6.07, 6.45) is 5.37. The summed E-state index contributed by atoms with van der Waals surface area (Å²) in [6, 6.07) is 4.30. The van der Waals surface area contributed by atoms with Crippen LogP contribution < -0.4 is 5.32 Å². The third kappa shape index (κ3) is 2.40. The molecule has 0 aliphatic carbocycles. The van der Waals surface area contributed by atoms with Crippen LogP contribution in [0.5, 0.6) is 0 Å². The van der Waals surface area contributed by atoms with E-state index >= 15 is 0 Å². The molecule has 3 aromatic rings. The first kappa shape index (κ1) is 14.0. The van der Waals surface area contributed by atoms with E-state index in [1.165, 1.54) is 12.1 Å². The zero-order valence-corrected chi connectivity index (χ0v) is 12.7. The third-order valence-corrected chi connectivity index (χ3v) is 4.37. The highest BCUT2D eigenvalue weighted by Crippen LogP contribution is 2.26. The lowest BCUT2D eigenvalue weighted by molar-refractivity contribution is 0.0900. The normalized spacial score (nSPS) is 17.2. The lowest BCUT2D eigenvalue weighted by Crippen LogP contribution is -2.40. The van der Waals surface area contributed by atoms with Crippen LogP contribution in [0.1, 0.15) is 28.4 Å². The van der Waals surface area contributed by atoms with Crippen molar-refractivity contribution in [1.82, 2.24) is 14.9 Å². The van der Waals surface area contributed by atoms with Crippen molar-refractivity contribution >= 4 is 16.9 Å². The number of aryl methyl sites for hydroxylation is 2. The average molecular weight is 313 g/mol. The fourth-order valence-corrected chi connectivity index (χ4v) is 3.14. The molecule has 1 amide bonds. The van der Waals surface area contributed by atoms with E-state index in [4.69, 9.17) is 4.42 Å². The Labute approximate surface area is 132 Å². The van der Waals surface area contributed by atoms with Crippen LogP contribution in [0.3, 0.4) is 0 Å². The van der Waals surface area contributed by atoms with E-state index in [9.17, 15) is 9.18 Å². The summed E-state index contributed by atoms with van der Waals surface area (Å²) in [5, 5.41) is 3.64. The quantitative estimate of drug-likeness (QED) is 0.791. The summed E-state index contributed by atoms with van der Waals surface area (Å²) in [4.78, 5) is 16.8. The van der Waals surface area contributed by atoms with Gasteiger partial charge in [0.25, 0.3) is 5.91 Å². The minimum absolute atomic E-state index is 0.0357. The Balaban J connectivity index is 1.57. The summed E-state index contributed by atoms with van der Waals surface area (Å²) >= 11 is 0. The summed E-state index contributed by atoms with van der Waals surface area (Å²) in [5.74, 6) is 0.703. The first-order chi connectivity index (χ1) is 11.1. The molecule has 5 nitrogen and oxygen atoms in total. The van der Waals surface area contributed by atoms with Crippen molar-refractivity contribution in [2.24, 2.45) is 0 Å². The maximum atomic E-state index is 13.4. The number of carbonyl (C=O) groups is 1. The number of carbonyl (C=O) groups excluding carboxylic acids is 1. The monoisotopic (exact) mass is 313 g/mol. The van der Waals surface area contributed by atoms with E-state index in [2.05, 4.69) is 14.9 Å². The number of nitrogens with zero attached hydrogens (tertiary/aromatic N) is 2. The standard InChI is InChI=1S/C17H16FN3O2/c1-10-13-8-11(18)2-4-14(13)23-16(10)17(22)20-12-3-5-15-19-6-7-21(15)9-12/h2,4,6-8,12H,3,5,9H2,1H3,(H,20,22)/t12-/m0/s1. The number of imidazole rings is 1. The SMILES string of the molecule is Cc1c(C(=O)N[C@H]2CCc3nccn3C2)oc2ccc(F)cc12. The number of fused-ring (bicyclic) bond motifs is 2. The van der Waals surface area contributed by atoms with Crippen molar-refractivity contribution in [2.45, 2.75) is 32.4 Å². The number of amides is 1. The predicted octanol–water partition coefficient (Wildman–Crippen LogP) is 2.82. The molecule has 1 aliphatic rings. The maximum Gasteiger partial charge on any atom is 0.287 e. The van der Waals surface area contributed by atoms with Gasteiger partial charge in [-0.25, -0.2) is 9.37 Å². The molecule has 1 aromatic carbocycles. The molecule has 1 aliphatic heterocycles. The Kier molecular flexibility index (Phi) is 3.18. The second-order valence-electron chi connectivity index (χ2n) is 5.90. The molecule has 6 heteroatoms. The van der Waals surface area contributed by atoms with Crippen LogP contribution in [0.25, 0.3) is 11.0 Å². The van der Waals surface area contributed by atoms with Crippen molar-refractivity contribution in [1.29, 1.82) is 0 Å². The number of benzene rings is 1. The lowest BCUT2D eigenvalue weighted by Gasteiger charge is -2.24. The van der Waals surface area contributed by atoms with Gasteiger partial charge in [-0.2, -0.15) is 0 Å². The van der Waals surface area contributed by atoms with Crippen LogP contribution in [-0.4, -0.2) is 21.5 Å². The fraction of sp³-hybridized carbons (Fsp3) is 0.294. The highest BCUT2D eigenvalue weighted by Gasteiger charge is 2.24. The van der Waals surface area contributed by atoms with Gasteiger partial charge in [-0.15, -0.1) is 0 Å². The van der Waals surface area contributed by atoms with Crippen molar-refractivity contribution in [3.63, 3.8) is 0 Å². The zero-order valence-electron chi connectivity index (χ0n) is 12.7. The molecular weight excluding hydrogens is 297 g/mol. The smallest absolute Gasteiger partial charge is 0.287 e. The van der Waals surface area contributed by atoms with E-state index in [-0.39, 0.29) is 23.5 Å². The van der Waals surface area contributed by atoms with Crippen molar-refractivity contribution in [3.05, 3.63) is 53.6 Å². The average Bonchev–Trinajstić information content (AvgIpc) is 3.12. The highest BCUT2D eigenvalue weighted by molar-refractivity contribution is 5.99. The van der Waals surface area contributed by atoms with Gasteiger partial charge in [0.1, 0.15) is 17.2 Å². The number of aromatic nitrogens is 2. The summed E-state index contributed by atoms with van der Waals surface area (Å²) in [6.45, 7) is 2.48. The molecule has 23 heavy (non-hydrogen) atoms. The first-order valence-corrected chi connectivity index (χ1v) is 7.61. The van der Waals surface area contributed by atoms with Gasteiger partial charge in [0.15, 0.2) is 5.76 Å². The molecule has 0 radical (unpaired) electrons. The molecule has 4 rings (SSSR count). The third-order valence-electron chi connectivity index (χ3n) is 4.37. The number of nitrogens with one attached hydrogen (secondary N) is 1. The predicted molar refractivity (Wildman–Crippen MR) is 82.7 cm³/mol. The van der Waals surface area contributed by atoms with Gasteiger partial charge in [0, 0.05) is 42.4 Å². The molecule has 3 heterocycles. The second kappa shape index (κ2) is 5.22. The largest absolute Gasteiger partial charge is 0.451 e. The highest BCUT2D eigenvalue weighted by atomic mass is 19.1. The molecule has 0 spiro atoms. The molecule has 0 bridgehead atoms. The van der Waals surface area contributed by atoms with Crippen LogP contribution in [-0.2, 0) is 13.0 Å². The van der Waals surface area contributed by atoms with Gasteiger partial charge in [0.2, 0.25) is 0 Å². The van der Waals surface area contributed by atoms with E-state index in [1.54, 1.807) is 19.2 Å². The Bertz CT molecular complexity index is 897. The van der Waals surface area contributed by atoms with Crippen molar-refractivity contribution < 1.29 is 13.6 Å². The fourth-order valence-electron chi connectivity index (χ4n) is 3.14. The van der Waals surface area contributed by atoms with Gasteiger partial charge >= 0.3 is 0 Å². The van der Waals surface area contributed by atoms with E-state index in [0.717, 1.165) is 18.7 Å². The summed E-state index contributed by atoms with van der Waals surface area (Å²) in [5.41, 5.74) is 1.19. The number of hydrogen-bond donors (Lipinski definition) is 1. The van der Waals surface area contributed by atoms with E-state index in [1.807, 2.05) is 6.20 Å². The molecule has 0 unspecified atom stereocenters. The lowest BCUT2D eigenvalue weighted by atomic mass is 10.1. The number of halogens is 1. The van der Waals surface area contributed by atoms with Gasteiger partial charge in [-0.05, 0) is 31.5 Å². The molecule has 0 saturated carbocycles. The maximum absolute atomic E-state index is 13.4. The molecule has 0 saturated heterocycles. The molecule has 118 valence electrons. The Morgan fingerprint density at radius 3 is 3.22 bits per heavy atom. The number of hydrogen-bond acceptors (Lipinski definition) is 3. The van der Waals surface area contributed by atoms with Crippen LogP contribution in [0.2, 0.25) is 0 Å². The molecule has 1 N–H and O–H groups in total. The topological polar surface area (TPSA) is 60.1 Å². The van der Waals surface area contributed by atoms with E-state index in [0.29, 0.717) is 23.1 Å². The Morgan fingerprint density at radius 2 is 2.35 bits per heavy atom. The Morgan fingerprint density at radius 1 is 1.48 bits per heavy atom. The van der Waals surface area contributed by atoms with Crippen LogP contribution in [0.15, 0.2) is 35.0 Å². The van der Waals surface area contributed by atoms with Crippen molar-refractivity contribution in [2.75, 3.05) is 0 Å². The van der Waals surface area contributed by atoms with Gasteiger partial charge < -0.3 is 14.3 Å². The van der Waals surface area contributed by atoms with E-state index < -0.39 is 0 Å². The van der Waals surface area contributed by atoms with Crippen LogP contribution in [0.4, 0.5) is 4.39 Å².